The molecule has 1 saturated heterocycles. The maximum absolute atomic E-state index is 5.56. The second kappa shape index (κ2) is 7.94. The van der Waals surface area contributed by atoms with Crippen LogP contribution in [-0.4, -0.2) is 46.3 Å². The van der Waals surface area contributed by atoms with E-state index in [1.54, 1.807) is 12.5 Å². The van der Waals surface area contributed by atoms with Crippen molar-refractivity contribution < 1.29 is 4.52 Å². The molecule has 0 unspecified atom stereocenters. The minimum atomic E-state index is 0.436. The fourth-order valence-corrected chi connectivity index (χ4v) is 3.70. The van der Waals surface area contributed by atoms with Gasteiger partial charge < -0.3 is 14.3 Å². The molecule has 1 aliphatic rings. The Hall–Kier alpha value is -3.74. The van der Waals surface area contributed by atoms with Gasteiger partial charge in [-0.3, -0.25) is 0 Å². The first-order valence-corrected chi connectivity index (χ1v) is 10.0. The third-order valence-electron chi connectivity index (χ3n) is 5.36. The van der Waals surface area contributed by atoms with Gasteiger partial charge in [0.05, 0.1) is 0 Å². The van der Waals surface area contributed by atoms with Gasteiger partial charge in [-0.15, -0.1) is 0 Å². The van der Waals surface area contributed by atoms with Crippen molar-refractivity contribution in [3.8, 4) is 22.8 Å². The molecule has 0 saturated carbocycles. The van der Waals surface area contributed by atoms with Crippen molar-refractivity contribution in [1.29, 1.82) is 0 Å². The molecule has 2 aromatic heterocycles. The highest BCUT2D eigenvalue weighted by atomic mass is 16.5. The highest BCUT2D eigenvalue weighted by Crippen LogP contribution is 2.29. The summed E-state index contributed by atoms with van der Waals surface area (Å²) in [4.78, 5) is 18.0. The Morgan fingerprint density at radius 1 is 0.867 bits per heavy atom. The molecule has 4 aromatic rings. The molecule has 7 nitrogen and oxygen atoms in total. The van der Waals surface area contributed by atoms with Gasteiger partial charge in [0.25, 0.3) is 5.89 Å². The molecule has 3 heterocycles. The van der Waals surface area contributed by atoms with Crippen LogP contribution in [-0.2, 0) is 0 Å². The molecule has 0 amide bonds. The Balaban J connectivity index is 1.36. The molecule has 1 fully saturated rings. The maximum Gasteiger partial charge on any atom is 0.263 e. The predicted octanol–water partition coefficient (Wildman–Crippen LogP) is 3.83. The summed E-state index contributed by atoms with van der Waals surface area (Å²) in [5.41, 5.74) is 4.21. The van der Waals surface area contributed by atoms with Gasteiger partial charge in [-0.25, -0.2) is 9.97 Å². The lowest BCUT2D eigenvalue weighted by atomic mass is 10.2. The molecule has 0 atom stereocenters. The van der Waals surface area contributed by atoms with Crippen LogP contribution in [0.5, 0.6) is 0 Å². The van der Waals surface area contributed by atoms with Crippen LogP contribution in [0.15, 0.2) is 71.6 Å². The van der Waals surface area contributed by atoms with E-state index in [1.807, 2.05) is 30.3 Å². The van der Waals surface area contributed by atoms with E-state index in [4.69, 9.17) is 4.52 Å². The second-order valence-corrected chi connectivity index (χ2v) is 7.36. The van der Waals surface area contributed by atoms with Gasteiger partial charge in [0.1, 0.15) is 17.7 Å². The molecule has 7 heteroatoms. The van der Waals surface area contributed by atoms with E-state index >= 15 is 0 Å². The summed E-state index contributed by atoms with van der Waals surface area (Å²) in [6.07, 6.45) is 3.32. The molecule has 1 aliphatic heterocycles. The largest absolute Gasteiger partial charge is 0.368 e. The van der Waals surface area contributed by atoms with Crippen molar-refractivity contribution in [3.05, 3.63) is 72.7 Å². The Morgan fingerprint density at radius 2 is 1.60 bits per heavy atom. The third-order valence-corrected chi connectivity index (χ3v) is 5.36. The van der Waals surface area contributed by atoms with Crippen LogP contribution in [0.25, 0.3) is 22.8 Å². The zero-order valence-electron chi connectivity index (χ0n) is 16.8. The van der Waals surface area contributed by atoms with Gasteiger partial charge in [0.15, 0.2) is 0 Å². The number of hydrogen-bond acceptors (Lipinski definition) is 7. The van der Waals surface area contributed by atoms with Gasteiger partial charge in [-0.2, -0.15) is 4.98 Å². The summed E-state index contributed by atoms with van der Waals surface area (Å²) >= 11 is 0. The van der Waals surface area contributed by atoms with Gasteiger partial charge in [-0.05, 0) is 19.1 Å². The first kappa shape index (κ1) is 18.3. The average Bonchev–Trinajstić information content (AvgIpc) is 3.31. The zero-order valence-corrected chi connectivity index (χ0v) is 16.8. The Bertz CT molecular complexity index is 1120. The number of hydrogen-bond donors (Lipinski definition) is 0. The molecule has 30 heavy (non-hydrogen) atoms. The molecular weight excluding hydrogens is 376 g/mol. The van der Waals surface area contributed by atoms with Gasteiger partial charge in [0.2, 0.25) is 5.82 Å². The lowest BCUT2D eigenvalue weighted by molar-refractivity contribution is 0.432. The van der Waals surface area contributed by atoms with E-state index in [0.717, 1.165) is 43.1 Å². The van der Waals surface area contributed by atoms with Crippen molar-refractivity contribution in [2.75, 3.05) is 36.0 Å². The zero-order chi connectivity index (χ0) is 20.3. The number of aryl methyl sites for hydroxylation is 1. The van der Waals surface area contributed by atoms with Crippen LogP contribution >= 0.6 is 0 Å². The molecule has 0 radical (unpaired) electrons. The molecular formula is C23H22N6O. The number of anilines is 2. The number of rotatable bonds is 4. The van der Waals surface area contributed by atoms with Crippen molar-refractivity contribution in [3.63, 3.8) is 0 Å². The van der Waals surface area contributed by atoms with Crippen LogP contribution in [0.3, 0.4) is 0 Å². The fraction of sp³-hybridized carbons (Fsp3) is 0.217. The highest BCUT2D eigenvalue weighted by Gasteiger charge is 2.23. The lowest BCUT2D eigenvalue weighted by Crippen LogP contribution is -2.47. The monoisotopic (exact) mass is 398 g/mol. The van der Waals surface area contributed by atoms with Gasteiger partial charge in [-0.1, -0.05) is 53.2 Å². The van der Waals surface area contributed by atoms with Crippen LogP contribution in [0, 0.1) is 6.92 Å². The highest BCUT2D eigenvalue weighted by molar-refractivity contribution is 5.70. The van der Waals surface area contributed by atoms with E-state index in [9.17, 15) is 0 Å². The SMILES string of the molecule is Cc1ccc(N2CCN(c3ncncc3-c3nc(-c4ccccc4)no3)CC2)cc1. The van der Waals surface area contributed by atoms with Crippen molar-refractivity contribution in [1.82, 2.24) is 20.1 Å². The molecule has 0 aliphatic carbocycles. The predicted molar refractivity (Wildman–Crippen MR) is 116 cm³/mol. The van der Waals surface area contributed by atoms with E-state index in [0.29, 0.717) is 11.7 Å². The van der Waals surface area contributed by atoms with E-state index in [2.05, 4.69) is 61.1 Å². The Labute approximate surface area is 175 Å². The van der Waals surface area contributed by atoms with Crippen molar-refractivity contribution >= 4 is 11.5 Å². The van der Waals surface area contributed by atoms with Gasteiger partial charge >= 0.3 is 0 Å². The lowest BCUT2D eigenvalue weighted by Gasteiger charge is -2.37. The second-order valence-electron chi connectivity index (χ2n) is 7.36. The summed E-state index contributed by atoms with van der Waals surface area (Å²) in [6, 6.07) is 18.5. The quantitative estimate of drug-likeness (QED) is 0.517. The number of aromatic nitrogens is 4. The summed E-state index contributed by atoms with van der Waals surface area (Å²) in [7, 11) is 0. The fourth-order valence-electron chi connectivity index (χ4n) is 3.70. The molecule has 150 valence electrons. The average molecular weight is 398 g/mol. The van der Waals surface area contributed by atoms with Crippen LogP contribution in [0.1, 0.15) is 5.56 Å². The molecule has 2 aromatic carbocycles. The van der Waals surface area contributed by atoms with E-state index in [-0.39, 0.29) is 0 Å². The minimum Gasteiger partial charge on any atom is -0.368 e. The molecule has 0 bridgehead atoms. The van der Waals surface area contributed by atoms with Crippen LogP contribution in [0.2, 0.25) is 0 Å². The summed E-state index contributed by atoms with van der Waals surface area (Å²) in [5.74, 6) is 1.83. The third kappa shape index (κ3) is 3.61. The van der Waals surface area contributed by atoms with E-state index in [1.165, 1.54) is 11.3 Å². The molecule has 5 rings (SSSR count). The van der Waals surface area contributed by atoms with Crippen LogP contribution < -0.4 is 9.80 Å². The summed E-state index contributed by atoms with van der Waals surface area (Å²) in [5, 5.41) is 4.14. The normalized spacial score (nSPS) is 14.2. The number of piperazine rings is 1. The topological polar surface area (TPSA) is 71.2 Å². The molecule has 0 spiro atoms. The smallest absolute Gasteiger partial charge is 0.263 e. The van der Waals surface area contributed by atoms with E-state index < -0.39 is 0 Å². The number of benzene rings is 2. The van der Waals surface area contributed by atoms with Crippen LogP contribution in [0.4, 0.5) is 11.5 Å². The first-order chi connectivity index (χ1) is 14.8. The van der Waals surface area contributed by atoms with Gasteiger partial charge in [0, 0.05) is 43.6 Å². The summed E-state index contributed by atoms with van der Waals surface area (Å²) < 4.78 is 5.56. The minimum absolute atomic E-state index is 0.436. The standard InChI is InChI=1S/C23H22N6O/c1-17-7-9-19(10-8-17)28-11-13-29(14-12-28)22-20(15-24-16-25-22)23-26-21(27-30-23)18-5-3-2-4-6-18/h2-10,15-16H,11-14H2,1H3. The van der Waals surface area contributed by atoms with Crippen molar-refractivity contribution in [2.45, 2.75) is 6.92 Å². The Morgan fingerprint density at radius 3 is 2.37 bits per heavy atom. The van der Waals surface area contributed by atoms with Crippen molar-refractivity contribution in [2.24, 2.45) is 0 Å². The summed E-state index contributed by atoms with van der Waals surface area (Å²) in [6.45, 7) is 5.67. The Kier molecular flexibility index (Phi) is 4.85. The number of nitrogens with zero attached hydrogens (tertiary/aromatic N) is 6. The maximum atomic E-state index is 5.56. The molecule has 0 N–H and O–H groups in total. The first-order valence-electron chi connectivity index (χ1n) is 10.0.